The molecular formula is C17H10BF2N3O. The van der Waals surface area contributed by atoms with Gasteiger partial charge in [-0.3, -0.25) is 4.79 Å². The van der Waals surface area contributed by atoms with Crippen molar-refractivity contribution in [1.82, 2.24) is 4.81 Å². The lowest BCUT2D eigenvalue weighted by Gasteiger charge is -2.34. The second kappa shape index (κ2) is 4.26. The largest absolute Gasteiger partial charge is 0.644 e. The number of amidine groups is 1. The summed E-state index contributed by atoms with van der Waals surface area (Å²) < 4.78 is 31.6. The summed E-state index contributed by atoms with van der Waals surface area (Å²) in [5.41, 5.74) is 1.06. The molecule has 0 saturated heterocycles. The van der Waals surface area contributed by atoms with Gasteiger partial charge in [-0.15, -0.1) is 0 Å². The third-order valence-electron chi connectivity index (χ3n) is 4.54. The van der Waals surface area contributed by atoms with Crippen molar-refractivity contribution in [2.24, 2.45) is 4.99 Å². The summed E-state index contributed by atoms with van der Waals surface area (Å²) in [5, 5.41) is 0.672. The predicted molar refractivity (Wildman–Crippen MR) is 86.3 cm³/mol. The molecule has 0 bridgehead atoms. The number of hydrogen-bond acceptors (Lipinski definition) is 2. The number of halogens is 2. The molecule has 7 heteroatoms. The van der Waals surface area contributed by atoms with E-state index in [1.165, 1.54) is 0 Å². The molecule has 0 spiro atoms. The van der Waals surface area contributed by atoms with Gasteiger partial charge in [0.1, 0.15) is 0 Å². The maximum absolute atomic E-state index is 15.3. The number of carbonyl (C=O) groups excluding carboxylic acids is 1. The van der Waals surface area contributed by atoms with Crippen molar-refractivity contribution in [3.63, 3.8) is 0 Å². The van der Waals surface area contributed by atoms with E-state index in [2.05, 4.69) is 4.99 Å². The summed E-state index contributed by atoms with van der Waals surface area (Å²) in [5.74, 6) is -0.536. The van der Waals surface area contributed by atoms with Gasteiger partial charge in [-0.05, 0) is 29.3 Å². The van der Waals surface area contributed by atoms with E-state index in [9.17, 15) is 4.79 Å². The first-order valence-corrected chi connectivity index (χ1v) is 7.56. The average Bonchev–Trinajstić information content (AvgIpc) is 2.88. The molecule has 0 aliphatic carbocycles. The molecule has 1 amide bonds. The average molecular weight is 321 g/mol. The fraction of sp³-hybridized carbons (Fsp3) is 0. The molecule has 3 heterocycles. The monoisotopic (exact) mass is 321 g/mol. The van der Waals surface area contributed by atoms with Crippen LogP contribution in [0.3, 0.4) is 0 Å². The Kier molecular flexibility index (Phi) is 2.37. The molecular weight excluding hydrogens is 311 g/mol. The van der Waals surface area contributed by atoms with Crippen molar-refractivity contribution in [1.29, 1.82) is 0 Å². The van der Waals surface area contributed by atoms with E-state index in [1.54, 1.807) is 60.7 Å². The Hall–Kier alpha value is -3.09. The van der Waals surface area contributed by atoms with Gasteiger partial charge in [0, 0.05) is 17.0 Å². The van der Waals surface area contributed by atoms with E-state index in [-0.39, 0.29) is 17.2 Å². The van der Waals surface area contributed by atoms with Crippen LogP contribution in [0.5, 0.6) is 0 Å². The van der Waals surface area contributed by atoms with Crippen LogP contribution in [-0.4, -0.2) is 23.5 Å². The molecule has 0 unspecified atom stereocenters. The summed E-state index contributed by atoms with van der Waals surface area (Å²) in [6.07, 6.45) is 0. The van der Waals surface area contributed by atoms with Gasteiger partial charge in [-0.2, -0.15) is 0 Å². The summed E-state index contributed by atoms with van der Waals surface area (Å²) in [6, 6.07) is 16.8. The van der Waals surface area contributed by atoms with Gasteiger partial charge in [0.05, 0.1) is 11.1 Å². The van der Waals surface area contributed by atoms with Crippen LogP contribution in [0.2, 0.25) is 0 Å². The molecule has 2 aromatic carbocycles. The van der Waals surface area contributed by atoms with Crippen molar-refractivity contribution in [2.75, 3.05) is 0 Å². The normalized spacial score (nSPS) is 17.3. The molecule has 5 rings (SSSR count). The van der Waals surface area contributed by atoms with Crippen LogP contribution < -0.4 is 4.48 Å². The Morgan fingerprint density at radius 1 is 0.917 bits per heavy atom. The molecule has 3 aromatic rings. The van der Waals surface area contributed by atoms with Crippen LogP contribution in [0.15, 0.2) is 65.7 Å². The highest BCUT2D eigenvalue weighted by Crippen LogP contribution is 2.34. The number of fused-ring (bicyclic) bond motifs is 6. The zero-order chi connectivity index (χ0) is 16.5. The number of hydrogen-bond donors (Lipinski definition) is 0. The molecule has 2 aliphatic rings. The van der Waals surface area contributed by atoms with Crippen molar-refractivity contribution >= 4 is 35.4 Å². The predicted octanol–water partition coefficient (Wildman–Crippen LogP) is 2.90. The summed E-state index contributed by atoms with van der Waals surface area (Å²) in [4.78, 5) is 17.5. The van der Waals surface area contributed by atoms with Crippen LogP contribution in [0.1, 0.15) is 15.9 Å². The Morgan fingerprint density at radius 3 is 2.46 bits per heavy atom. The smallest absolute Gasteiger partial charge is 0.414 e. The standard InChI is InChI=1S/C17H10BF2N3O/c19-18(20)22-14-8-4-1-5-11(14)9-10-15(22)21-16-12-6-2-3-7-13(12)17(24)23(16)18/h1-10H. The van der Waals surface area contributed by atoms with Crippen LogP contribution in [0, 0.1) is 0 Å². The lowest BCUT2D eigenvalue weighted by molar-refractivity contribution is -0.531. The lowest BCUT2D eigenvalue weighted by atomic mass is 9.90. The number of aliphatic imine (C=N–C) groups is 1. The van der Waals surface area contributed by atoms with Gasteiger partial charge < -0.3 is 17.9 Å². The molecule has 0 fully saturated rings. The Morgan fingerprint density at radius 2 is 1.62 bits per heavy atom. The molecule has 0 atom stereocenters. The third kappa shape index (κ3) is 1.49. The molecule has 0 saturated carbocycles. The fourth-order valence-electron chi connectivity index (χ4n) is 3.48. The zero-order valence-corrected chi connectivity index (χ0v) is 12.4. The number of amides is 1. The van der Waals surface area contributed by atoms with Gasteiger partial charge in [0.2, 0.25) is 11.7 Å². The molecule has 24 heavy (non-hydrogen) atoms. The maximum atomic E-state index is 15.3. The molecule has 4 nitrogen and oxygen atoms in total. The minimum atomic E-state index is -4.33. The minimum absolute atomic E-state index is 0.0240. The second-order valence-corrected chi connectivity index (χ2v) is 5.86. The summed E-state index contributed by atoms with van der Waals surface area (Å²) >= 11 is 0. The van der Waals surface area contributed by atoms with E-state index in [1.807, 2.05) is 0 Å². The highest BCUT2D eigenvalue weighted by Gasteiger charge is 2.56. The van der Waals surface area contributed by atoms with E-state index in [0.29, 0.717) is 21.3 Å². The van der Waals surface area contributed by atoms with Crippen molar-refractivity contribution in [2.45, 2.75) is 0 Å². The number of para-hydroxylation sites is 1. The third-order valence-corrected chi connectivity index (χ3v) is 4.54. The van der Waals surface area contributed by atoms with E-state index < -0.39 is 12.9 Å². The maximum Gasteiger partial charge on any atom is 0.644 e. The zero-order valence-electron chi connectivity index (χ0n) is 12.4. The number of carbonyl (C=O) groups is 1. The molecule has 2 aliphatic heterocycles. The van der Waals surface area contributed by atoms with Gasteiger partial charge >= 0.3 is 6.97 Å². The highest BCUT2D eigenvalue weighted by molar-refractivity contribution is 6.64. The minimum Gasteiger partial charge on any atom is -0.414 e. The first-order chi connectivity index (χ1) is 11.6. The van der Waals surface area contributed by atoms with E-state index in [0.717, 1.165) is 4.48 Å². The van der Waals surface area contributed by atoms with Crippen LogP contribution in [-0.2, 0) is 0 Å². The Bertz CT molecular complexity index is 1080. The Balaban J connectivity index is 1.88. The van der Waals surface area contributed by atoms with Crippen LogP contribution in [0.25, 0.3) is 10.9 Å². The van der Waals surface area contributed by atoms with Crippen molar-refractivity contribution < 1.29 is 17.9 Å². The van der Waals surface area contributed by atoms with Crippen LogP contribution in [0.4, 0.5) is 14.4 Å². The quantitative estimate of drug-likeness (QED) is 0.587. The van der Waals surface area contributed by atoms with Crippen molar-refractivity contribution in [3.05, 3.63) is 71.8 Å². The number of nitrogens with zero attached hydrogens (tertiary/aromatic N) is 3. The highest BCUT2D eigenvalue weighted by atomic mass is 19.2. The second-order valence-electron chi connectivity index (χ2n) is 5.86. The fourth-order valence-corrected chi connectivity index (χ4v) is 3.48. The van der Waals surface area contributed by atoms with Crippen LogP contribution >= 0.6 is 0 Å². The van der Waals surface area contributed by atoms with Gasteiger partial charge in [-0.25, -0.2) is 0 Å². The molecule has 1 aromatic heterocycles. The van der Waals surface area contributed by atoms with Gasteiger partial charge in [-0.1, -0.05) is 30.3 Å². The number of benzene rings is 2. The summed E-state index contributed by atoms with van der Waals surface area (Å²) in [6.45, 7) is -4.33. The number of pyridine rings is 1. The number of aromatic nitrogens is 1. The first kappa shape index (κ1) is 13.4. The molecule has 0 radical (unpaired) electrons. The van der Waals surface area contributed by atoms with Crippen molar-refractivity contribution in [3.8, 4) is 0 Å². The van der Waals surface area contributed by atoms with Gasteiger partial charge in [0.25, 0.3) is 5.82 Å². The molecule has 116 valence electrons. The topological polar surface area (TPSA) is 36.6 Å². The molecule has 0 N–H and O–H groups in total. The Labute approximate surface area is 135 Å². The number of rotatable bonds is 0. The SMILES string of the molecule is O=C1c2ccccc2C2=Nc3ccc4ccccc4[n+]3[B-](F)(F)N12. The van der Waals surface area contributed by atoms with E-state index >= 15 is 8.63 Å². The van der Waals surface area contributed by atoms with Gasteiger partial charge in [0.15, 0.2) is 0 Å². The first-order valence-electron chi connectivity index (χ1n) is 7.56. The van der Waals surface area contributed by atoms with E-state index in [4.69, 9.17) is 0 Å². The summed E-state index contributed by atoms with van der Waals surface area (Å²) in [7, 11) is 0. The lowest BCUT2D eigenvalue weighted by Crippen LogP contribution is -2.72.